The van der Waals surface area contributed by atoms with Gasteiger partial charge in [-0.3, -0.25) is 9.36 Å². The Labute approximate surface area is 146 Å². The van der Waals surface area contributed by atoms with Gasteiger partial charge in [0.15, 0.2) is 5.82 Å². The van der Waals surface area contributed by atoms with Gasteiger partial charge in [0.25, 0.3) is 5.56 Å². The molecule has 0 saturated heterocycles. The highest BCUT2D eigenvalue weighted by molar-refractivity contribution is 7.98. The third-order valence-corrected chi connectivity index (χ3v) is 5.20. The van der Waals surface area contributed by atoms with Crippen LogP contribution in [-0.2, 0) is 7.05 Å². The van der Waals surface area contributed by atoms with Crippen molar-refractivity contribution in [1.82, 2.24) is 14.2 Å². The SMILES string of the molecule is CSc1cc(C)ccc1-c1nn2c(C)cc(C(C)C)c2c(=O)n1C. The highest BCUT2D eigenvalue weighted by Crippen LogP contribution is 2.30. The maximum atomic E-state index is 13.0. The van der Waals surface area contributed by atoms with Crippen molar-refractivity contribution in [3.05, 3.63) is 51.4 Å². The fourth-order valence-electron chi connectivity index (χ4n) is 3.07. The van der Waals surface area contributed by atoms with Crippen molar-refractivity contribution in [2.24, 2.45) is 7.05 Å². The predicted octanol–water partition coefficient (Wildman–Crippen LogP) is 4.16. The van der Waals surface area contributed by atoms with Crippen molar-refractivity contribution in [2.75, 3.05) is 6.26 Å². The van der Waals surface area contributed by atoms with Gasteiger partial charge in [0.2, 0.25) is 0 Å². The number of rotatable bonds is 3. The summed E-state index contributed by atoms with van der Waals surface area (Å²) in [5.74, 6) is 0.987. The van der Waals surface area contributed by atoms with Crippen LogP contribution in [0.15, 0.2) is 34.0 Å². The van der Waals surface area contributed by atoms with E-state index < -0.39 is 0 Å². The molecule has 0 bridgehead atoms. The molecule has 2 heterocycles. The standard InChI is InChI=1S/C19H23N3OS/c1-11(2)15-10-13(4)22-17(15)19(23)21(5)18(20-22)14-8-7-12(3)9-16(14)24-6/h7-11H,1-6H3. The second-order valence-electron chi connectivity index (χ2n) is 6.55. The molecular formula is C19H23N3OS. The van der Waals surface area contributed by atoms with Crippen LogP contribution in [0, 0.1) is 13.8 Å². The molecule has 0 aliphatic rings. The number of aromatic nitrogens is 3. The third kappa shape index (κ3) is 2.57. The summed E-state index contributed by atoms with van der Waals surface area (Å²) in [6.45, 7) is 8.28. The van der Waals surface area contributed by atoms with Crippen molar-refractivity contribution in [2.45, 2.75) is 38.5 Å². The monoisotopic (exact) mass is 341 g/mol. The first-order chi connectivity index (χ1) is 11.3. The molecule has 0 amide bonds. The summed E-state index contributed by atoms with van der Waals surface area (Å²) >= 11 is 1.67. The van der Waals surface area contributed by atoms with E-state index in [1.165, 1.54) is 5.56 Å². The highest BCUT2D eigenvalue weighted by atomic mass is 32.2. The molecule has 126 valence electrons. The number of benzene rings is 1. The lowest BCUT2D eigenvalue weighted by Gasteiger charge is -2.13. The number of fused-ring (bicyclic) bond motifs is 1. The molecule has 0 radical (unpaired) electrons. The lowest BCUT2D eigenvalue weighted by atomic mass is 10.1. The zero-order chi connectivity index (χ0) is 17.6. The van der Waals surface area contributed by atoms with Gasteiger partial charge in [-0.25, -0.2) is 4.52 Å². The molecule has 0 unspecified atom stereocenters. The van der Waals surface area contributed by atoms with Gasteiger partial charge in [-0.05, 0) is 55.3 Å². The minimum atomic E-state index is 0.00410. The Bertz CT molecular complexity index is 982. The van der Waals surface area contributed by atoms with Crippen molar-refractivity contribution in [3.63, 3.8) is 0 Å². The molecule has 0 fully saturated rings. The zero-order valence-electron chi connectivity index (χ0n) is 15.0. The van der Waals surface area contributed by atoms with Crippen LogP contribution in [-0.4, -0.2) is 20.4 Å². The van der Waals surface area contributed by atoms with Gasteiger partial charge < -0.3 is 0 Å². The van der Waals surface area contributed by atoms with Gasteiger partial charge in [0.1, 0.15) is 5.52 Å². The Morgan fingerprint density at radius 2 is 1.88 bits per heavy atom. The lowest BCUT2D eigenvalue weighted by Crippen LogP contribution is -2.24. The number of hydrogen-bond donors (Lipinski definition) is 0. The minimum absolute atomic E-state index is 0.00410. The molecule has 24 heavy (non-hydrogen) atoms. The molecule has 3 aromatic rings. The minimum Gasteiger partial charge on any atom is -0.292 e. The van der Waals surface area contributed by atoms with Crippen LogP contribution in [0.1, 0.15) is 36.6 Å². The summed E-state index contributed by atoms with van der Waals surface area (Å²) in [5, 5.41) is 4.81. The van der Waals surface area contributed by atoms with Gasteiger partial charge in [-0.1, -0.05) is 19.9 Å². The van der Waals surface area contributed by atoms with Crippen LogP contribution in [0.5, 0.6) is 0 Å². The van der Waals surface area contributed by atoms with Gasteiger partial charge in [-0.2, -0.15) is 0 Å². The molecule has 2 aromatic heterocycles. The topological polar surface area (TPSA) is 39.3 Å². The number of thioether (sulfide) groups is 1. The maximum Gasteiger partial charge on any atom is 0.278 e. The first-order valence-electron chi connectivity index (χ1n) is 8.09. The molecule has 0 atom stereocenters. The normalized spacial score (nSPS) is 11.6. The first-order valence-corrected chi connectivity index (χ1v) is 9.32. The van der Waals surface area contributed by atoms with Crippen LogP contribution in [0.2, 0.25) is 0 Å². The average Bonchev–Trinajstić information content (AvgIpc) is 2.88. The summed E-state index contributed by atoms with van der Waals surface area (Å²) < 4.78 is 3.47. The summed E-state index contributed by atoms with van der Waals surface area (Å²) in [4.78, 5) is 14.2. The summed E-state index contributed by atoms with van der Waals surface area (Å²) in [6.07, 6.45) is 2.05. The second kappa shape index (κ2) is 6.13. The Morgan fingerprint density at radius 3 is 2.50 bits per heavy atom. The summed E-state index contributed by atoms with van der Waals surface area (Å²) in [5.41, 5.74) is 4.94. The second-order valence-corrected chi connectivity index (χ2v) is 7.40. The highest BCUT2D eigenvalue weighted by Gasteiger charge is 2.19. The van der Waals surface area contributed by atoms with Gasteiger partial charge in [0.05, 0.1) is 0 Å². The molecule has 0 saturated carbocycles. The number of nitrogens with zero attached hydrogens (tertiary/aromatic N) is 3. The Balaban J connectivity index is 2.38. The number of aryl methyl sites for hydroxylation is 2. The van der Waals surface area contributed by atoms with Crippen LogP contribution in [0.4, 0.5) is 0 Å². The summed E-state index contributed by atoms with van der Waals surface area (Å²) in [7, 11) is 1.81. The zero-order valence-corrected chi connectivity index (χ0v) is 15.9. The van der Waals surface area contributed by atoms with Gasteiger partial charge >= 0.3 is 0 Å². The van der Waals surface area contributed by atoms with Crippen molar-refractivity contribution in [1.29, 1.82) is 0 Å². The van der Waals surface area contributed by atoms with E-state index in [9.17, 15) is 4.79 Å². The largest absolute Gasteiger partial charge is 0.292 e. The fourth-order valence-corrected chi connectivity index (χ4v) is 3.75. The average molecular weight is 341 g/mol. The molecule has 0 spiro atoms. The van der Waals surface area contributed by atoms with E-state index >= 15 is 0 Å². The first kappa shape index (κ1) is 16.8. The lowest BCUT2D eigenvalue weighted by molar-refractivity contribution is 0.761. The molecule has 4 nitrogen and oxygen atoms in total. The molecule has 5 heteroatoms. The van der Waals surface area contributed by atoms with Gasteiger partial charge in [-0.15, -0.1) is 16.9 Å². The van der Waals surface area contributed by atoms with Crippen LogP contribution in [0.3, 0.4) is 0 Å². The van der Waals surface area contributed by atoms with E-state index in [1.54, 1.807) is 27.9 Å². The molecule has 0 aliphatic heterocycles. The molecule has 3 rings (SSSR count). The Morgan fingerprint density at radius 1 is 1.17 bits per heavy atom. The molecule has 1 aromatic carbocycles. The fraction of sp³-hybridized carbons (Fsp3) is 0.368. The van der Waals surface area contributed by atoms with E-state index in [1.807, 2.05) is 13.2 Å². The molecule has 0 aliphatic carbocycles. The number of hydrogen-bond acceptors (Lipinski definition) is 3. The smallest absolute Gasteiger partial charge is 0.278 e. The van der Waals surface area contributed by atoms with E-state index in [4.69, 9.17) is 5.10 Å². The quantitative estimate of drug-likeness (QED) is 0.672. The van der Waals surface area contributed by atoms with Crippen molar-refractivity contribution < 1.29 is 0 Å². The van der Waals surface area contributed by atoms with Crippen LogP contribution in [0.25, 0.3) is 16.9 Å². The molecular weight excluding hydrogens is 318 g/mol. The van der Waals surface area contributed by atoms with Crippen molar-refractivity contribution in [3.8, 4) is 11.4 Å². The maximum absolute atomic E-state index is 13.0. The van der Waals surface area contributed by atoms with E-state index in [0.29, 0.717) is 11.3 Å². The van der Waals surface area contributed by atoms with Crippen molar-refractivity contribution >= 4 is 17.3 Å². The van der Waals surface area contributed by atoms with Gasteiger partial charge in [0, 0.05) is 23.2 Å². The van der Waals surface area contributed by atoms with E-state index in [-0.39, 0.29) is 11.5 Å². The molecule has 0 N–H and O–H groups in total. The van der Waals surface area contributed by atoms with Crippen LogP contribution < -0.4 is 5.56 Å². The van der Waals surface area contributed by atoms with E-state index in [0.717, 1.165) is 21.7 Å². The summed E-state index contributed by atoms with van der Waals surface area (Å²) in [6, 6.07) is 8.33. The Hall–Kier alpha value is -2.01. The Kier molecular flexibility index (Phi) is 4.30. The van der Waals surface area contributed by atoms with E-state index in [2.05, 4.69) is 45.0 Å². The predicted molar refractivity (Wildman–Crippen MR) is 101 cm³/mol. The third-order valence-electron chi connectivity index (χ3n) is 4.42. The van der Waals surface area contributed by atoms with Crippen LogP contribution >= 0.6 is 11.8 Å².